The highest BCUT2D eigenvalue weighted by molar-refractivity contribution is 5.70. The lowest BCUT2D eigenvalue weighted by atomic mass is 10.2. The topological polar surface area (TPSA) is 24.1 Å². The van der Waals surface area contributed by atoms with Crippen LogP contribution in [0.5, 0.6) is 0 Å². The Balaban J connectivity index is 0.000000251. The van der Waals surface area contributed by atoms with Crippen molar-refractivity contribution in [3.63, 3.8) is 0 Å². The van der Waals surface area contributed by atoms with Crippen LogP contribution in [0.1, 0.15) is 20.3 Å². The van der Waals surface area contributed by atoms with E-state index in [9.17, 15) is 0 Å². The van der Waals surface area contributed by atoms with Gasteiger partial charge in [-0.3, -0.25) is 0 Å². The average Bonchev–Trinajstić information content (AvgIpc) is 2.19. The van der Waals surface area contributed by atoms with Crippen LogP contribution < -0.4 is 10.6 Å². The summed E-state index contributed by atoms with van der Waals surface area (Å²) in [5, 5.41) is 6.60. The van der Waals surface area contributed by atoms with Gasteiger partial charge < -0.3 is 10.6 Å². The van der Waals surface area contributed by atoms with Gasteiger partial charge in [-0.1, -0.05) is 32.4 Å². The Hall–Kier alpha value is -1.18. The minimum atomic E-state index is 1.02. The lowest BCUT2D eigenvalue weighted by molar-refractivity contribution is 1.05. The average molecular weight is 178 g/mol. The first-order chi connectivity index (χ1) is 6.38. The van der Waals surface area contributed by atoms with Crippen LogP contribution >= 0.6 is 0 Å². The monoisotopic (exact) mass is 178 g/mol. The van der Waals surface area contributed by atoms with Gasteiger partial charge in [0.1, 0.15) is 0 Å². The second-order valence-electron chi connectivity index (χ2n) is 3.11. The van der Waals surface area contributed by atoms with E-state index < -0.39 is 0 Å². The highest BCUT2D eigenvalue weighted by atomic mass is 15.0. The normalized spacial score (nSPS) is 12.8. The smallest absolute Gasteiger partial charge is 0.0576 e. The van der Waals surface area contributed by atoms with Crippen LogP contribution in [0.2, 0.25) is 0 Å². The van der Waals surface area contributed by atoms with Gasteiger partial charge in [-0.05, 0) is 12.1 Å². The molecule has 2 nitrogen and oxygen atoms in total. The van der Waals surface area contributed by atoms with Crippen LogP contribution in [-0.4, -0.2) is 13.1 Å². The number of rotatable bonds is 0. The summed E-state index contributed by atoms with van der Waals surface area (Å²) in [6, 6.07) is 8.25. The number of fused-ring (bicyclic) bond motifs is 1. The SMILES string of the molecule is CCC.c1ccc2c(c1)NCCN2. The number of para-hydroxylation sites is 2. The molecule has 0 radical (unpaired) electrons. The Morgan fingerprint density at radius 2 is 1.38 bits per heavy atom. The summed E-state index contributed by atoms with van der Waals surface area (Å²) in [7, 11) is 0. The standard InChI is InChI=1S/C8H10N2.C3H8/c1-2-4-8-7(3-1)9-5-6-10-8;1-3-2/h1-4,9-10H,5-6H2;3H2,1-2H3. The molecule has 1 aromatic rings. The molecule has 0 aromatic heterocycles. The summed E-state index contributed by atoms with van der Waals surface area (Å²) in [6.07, 6.45) is 1.25. The minimum absolute atomic E-state index is 1.02. The van der Waals surface area contributed by atoms with Crippen molar-refractivity contribution >= 4 is 11.4 Å². The van der Waals surface area contributed by atoms with Crippen molar-refractivity contribution in [2.45, 2.75) is 20.3 Å². The molecule has 0 fully saturated rings. The minimum Gasteiger partial charge on any atom is -0.382 e. The molecule has 0 bridgehead atoms. The first-order valence-electron chi connectivity index (χ1n) is 4.95. The predicted octanol–water partition coefficient (Wildman–Crippen LogP) is 2.94. The van der Waals surface area contributed by atoms with Gasteiger partial charge in [0.15, 0.2) is 0 Å². The van der Waals surface area contributed by atoms with Crippen LogP contribution in [0.15, 0.2) is 24.3 Å². The van der Waals surface area contributed by atoms with Crippen molar-refractivity contribution in [1.29, 1.82) is 0 Å². The second kappa shape index (κ2) is 5.46. The maximum absolute atomic E-state index is 3.30. The lowest BCUT2D eigenvalue weighted by Crippen LogP contribution is -2.19. The molecule has 72 valence electrons. The second-order valence-corrected chi connectivity index (χ2v) is 3.11. The number of anilines is 2. The Kier molecular flexibility index (Phi) is 4.16. The fourth-order valence-electron chi connectivity index (χ4n) is 1.19. The number of hydrogen-bond donors (Lipinski definition) is 2. The molecule has 1 aromatic carbocycles. The molecule has 1 aliphatic rings. The van der Waals surface area contributed by atoms with Crippen LogP contribution in [0.4, 0.5) is 11.4 Å². The zero-order valence-electron chi connectivity index (χ0n) is 8.43. The Morgan fingerprint density at radius 3 is 1.77 bits per heavy atom. The Labute approximate surface area is 80.4 Å². The van der Waals surface area contributed by atoms with Gasteiger partial charge in [0.25, 0.3) is 0 Å². The van der Waals surface area contributed by atoms with Crippen LogP contribution in [0.25, 0.3) is 0 Å². The summed E-state index contributed by atoms with van der Waals surface area (Å²) >= 11 is 0. The summed E-state index contributed by atoms with van der Waals surface area (Å²) < 4.78 is 0. The number of nitrogens with one attached hydrogen (secondary N) is 2. The maximum atomic E-state index is 3.30. The molecule has 13 heavy (non-hydrogen) atoms. The molecule has 2 N–H and O–H groups in total. The van der Waals surface area contributed by atoms with Gasteiger partial charge in [0.05, 0.1) is 11.4 Å². The van der Waals surface area contributed by atoms with E-state index in [0.29, 0.717) is 0 Å². The van der Waals surface area contributed by atoms with Gasteiger partial charge in [-0.25, -0.2) is 0 Å². The van der Waals surface area contributed by atoms with E-state index in [1.165, 1.54) is 17.8 Å². The summed E-state index contributed by atoms with van der Waals surface area (Å²) in [5.74, 6) is 0. The Morgan fingerprint density at radius 1 is 1.00 bits per heavy atom. The van der Waals surface area contributed by atoms with Crippen LogP contribution in [0, 0.1) is 0 Å². The molecular weight excluding hydrogens is 160 g/mol. The molecule has 0 saturated heterocycles. The predicted molar refractivity (Wildman–Crippen MR) is 59.4 cm³/mol. The molecule has 1 aliphatic heterocycles. The maximum Gasteiger partial charge on any atom is 0.0576 e. The van der Waals surface area contributed by atoms with E-state index in [2.05, 4.69) is 36.6 Å². The zero-order chi connectivity index (χ0) is 9.52. The fraction of sp³-hybridized carbons (Fsp3) is 0.455. The van der Waals surface area contributed by atoms with E-state index in [4.69, 9.17) is 0 Å². The molecule has 2 heteroatoms. The van der Waals surface area contributed by atoms with E-state index in [1.807, 2.05) is 12.1 Å². The van der Waals surface area contributed by atoms with E-state index in [0.717, 1.165) is 13.1 Å². The van der Waals surface area contributed by atoms with Gasteiger partial charge >= 0.3 is 0 Å². The quantitative estimate of drug-likeness (QED) is 0.638. The molecule has 0 saturated carbocycles. The van der Waals surface area contributed by atoms with Gasteiger partial charge in [0, 0.05) is 13.1 Å². The van der Waals surface area contributed by atoms with Crippen molar-refractivity contribution in [2.24, 2.45) is 0 Å². The fourth-order valence-corrected chi connectivity index (χ4v) is 1.19. The molecule has 0 aliphatic carbocycles. The summed E-state index contributed by atoms with van der Waals surface area (Å²) in [4.78, 5) is 0. The van der Waals surface area contributed by atoms with Crippen LogP contribution in [-0.2, 0) is 0 Å². The van der Waals surface area contributed by atoms with Crippen molar-refractivity contribution in [3.05, 3.63) is 24.3 Å². The number of benzene rings is 1. The van der Waals surface area contributed by atoms with Gasteiger partial charge in [0.2, 0.25) is 0 Å². The summed E-state index contributed by atoms with van der Waals surface area (Å²) in [6.45, 7) is 6.30. The third kappa shape index (κ3) is 2.98. The molecule has 0 amide bonds. The van der Waals surface area contributed by atoms with Gasteiger partial charge in [-0.2, -0.15) is 0 Å². The molecule has 1 heterocycles. The summed E-state index contributed by atoms with van der Waals surface area (Å²) in [5.41, 5.74) is 2.43. The third-order valence-corrected chi connectivity index (χ3v) is 1.68. The first-order valence-corrected chi connectivity index (χ1v) is 4.95. The van der Waals surface area contributed by atoms with E-state index >= 15 is 0 Å². The van der Waals surface area contributed by atoms with Crippen molar-refractivity contribution in [2.75, 3.05) is 23.7 Å². The Bertz CT molecular complexity index is 221. The molecular formula is C11H18N2. The third-order valence-electron chi connectivity index (χ3n) is 1.68. The van der Waals surface area contributed by atoms with Crippen LogP contribution in [0.3, 0.4) is 0 Å². The largest absolute Gasteiger partial charge is 0.382 e. The van der Waals surface area contributed by atoms with Crippen molar-refractivity contribution in [1.82, 2.24) is 0 Å². The molecule has 2 rings (SSSR count). The van der Waals surface area contributed by atoms with E-state index in [1.54, 1.807) is 0 Å². The number of hydrogen-bond acceptors (Lipinski definition) is 2. The highest BCUT2D eigenvalue weighted by Crippen LogP contribution is 2.22. The van der Waals surface area contributed by atoms with Crippen molar-refractivity contribution in [3.8, 4) is 0 Å². The zero-order valence-corrected chi connectivity index (χ0v) is 8.43. The van der Waals surface area contributed by atoms with Gasteiger partial charge in [-0.15, -0.1) is 0 Å². The molecule has 0 atom stereocenters. The molecule has 0 unspecified atom stereocenters. The lowest BCUT2D eigenvalue weighted by Gasteiger charge is -2.18. The van der Waals surface area contributed by atoms with Crippen molar-refractivity contribution < 1.29 is 0 Å². The first kappa shape index (κ1) is 9.90. The van der Waals surface area contributed by atoms with E-state index in [-0.39, 0.29) is 0 Å². The molecule has 0 spiro atoms. The highest BCUT2D eigenvalue weighted by Gasteiger charge is 2.03.